The zero-order valence-corrected chi connectivity index (χ0v) is 8.26. The van der Waals surface area contributed by atoms with E-state index in [0.29, 0.717) is 5.92 Å². The van der Waals surface area contributed by atoms with Gasteiger partial charge in [0.15, 0.2) is 0 Å². The fourth-order valence-corrected chi connectivity index (χ4v) is 1.47. The number of nitrogens with one attached hydrogen (secondary N) is 1. The van der Waals surface area contributed by atoms with Crippen LogP contribution in [-0.4, -0.2) is 18.6 Å². The summed E-state index contributed by atoms with van der Waals surface area (Å²) in [6.45, 7) is 4.82. The van der Waals surface area contributed by atoms with Crippen LogP contribution in [0.1, 0.15) is 24.1 Å². The highest BCUT2D eigenvalue weighted by Gasteiger charge is 2.09. The minimum Gasteiger partial charge on any atom is -0.319 e. The topological polar surface area (TPSA) is 24.9 Å². The first-order valence-corrected chi connectivity index (χ1v) is 4.41. The second-order valence-corrected chi connectivity index (χ2v) is 3.31. The molecule has 1 aromatic rings. The molecule has 3 heteroatoms. The van der Waals surface area contributed by atoms with E-state index in [9.17, 15) is 4.39 Å². The summed E-state index contributed by atoms with van der Waals surface area (Å²) in [5.41, 5.74) is 1.89. The molecule has 1 rings (SSSR count). The monoisotopic (exact) mass is 182 g/mol. The SMILES string of the molecule is CNC[C@H](C)c1ncc(F)cc1C. The van der Waals surface area contributed by atoms with Crippen LogP contribution in [0.4, 0.5) is 4.39 Å². The quantitative estimate of drug-likeness (QED) is 0.771. The van der Waals surface area contributed by atoms with Gasteiger partial charge in [-0.3, -0.25) is 4.98 Å². The van der Waals surface area contributed by atoms with Crippen LogP contribution in [-0.2, 0) is 0 Å². The van der Waals surface area contributed by atoms with Gasteiger partial charge in [-0.25, -0.2) is 4.39 Å². The summed E-state index contributed by atoms with van der Waals surface area (Å²) in [7, 11) is 1.90. The molecule has 13 heavy (non-hydrogen) atoms. The highest BCUT2D eigenvalue weighted by molar-refractivity contribution is 5.22. The maximum absolute atomic E-state index is 12.7. The van der Waals surface area contributed by atoms with E-state index >= 15 is 0 Å². The molecule has 0 spiro atoms. The van der Waals surface area contributed by atoms with Crippen molar-refractivity contribution in [2.24, 2.45) is 0 Å². The van der Waals surface area contributed by atoms with Gasteiger partial charge in [-0.05, 0) is 25.6 Å². The number of hydrogen-bond acceptors (Lipinski definition) is 2. The standard InChI is InChI=1S/C10H15FN2/c1-7-4-9(11)6-13-10(7)8(2)5-12-3/h4,6,8,12H,5H2,1-3H3/t8-/m0/s1. The second kappa shape index (κ2) is 4.33. The maximum atomic E-state index is 12.7. The summed E-state index contributed by atoms with van der Waals surface area (Å²) in [5.74, 6) is 0.0588. The van der Waals surface area contributed by atoms with Crippen molar-refractivity contribution in [3.63, 3.8) is 0 Å². The van der Waals surface area contributed by atoms with E-state index in [4.69, 9.17) is 0 Å². The molecule has 1 aromatic heterocycles. The third kappa shape index (κ3) is 2.49. The lowest BCUT2D eigenvalue weighted by atomic mass is 10.0. The van der Waals surface area contributed by atoms with Crippen LogP contribution >= 0.6 is 0 Å². The molecule has 72 valence electrons. The molecular formula is C10H15FN2. The van der Waals surface area contributed by atoms with Crippen LogP contribution in [0.25, 0.3) is 0 Å². The Bertz CT molecular complexity index is 286. The Hall–Kier alpha value is -0.960. The summed E-state index contributed by atoms with van der Waals surface area (Å²) < 4.78 is 12.7. The molecule has 1 heterocycles. The predicted molar refractivity (Wildman–Crippen MR) is 51.3 cm³/mol. The number of nitrogens with zero attached hydrogens (tertiary/aromatic N) is 1. The summed E-state index contributed by atoms with van der Waals surface area (Å²) in [5, 5.41) is 3.07. The average molecular weight is 182 g/mol. The van der Waals surface area contributed by atoms with E-state index in [-0.39, 0.29) is 5.82 Å². The van der Waals surface area contributed by atoms with Gasteiger partial charge in [0.05, 0.1) is 6.20 Å². The smallest absolute Gasteiger partial charge is 0.141 e. The lowest BCUT2D eigenvalue weighted by Crippen LogP contribution is -2.16. The van der Waals surface area contributed by atoms with Gasteiger partial charge in [-0.15, -0.1) is 0 Å². The van der Waals surface area contributed by atoms with Gasteiger partial charge in [0, 0.05) is 18.2 Å². The number of likely N-dealkylation sites (N-methyl/N-ethyl adjacent to an activating group) is 1. The van der Waals surface area contributed by atoms with E-state index < -0.39 is 0 Å². The van der Waals surface area contributed by atoms with Crippen LogP contribution in [0.3, 0.4) is 0 Å². The third-order valence-electron chi connectivity index (χ3n) is 2.06. The van der Waals surface area contributed by atoms with Crippen molar-refractivity contribution in [1.29, 1.82) is 0 Å². The van der Waals surface area contributed by atoms with Crippen molar-refractivity contribution >= 4 is 0 Å². The minimum absolute atomic E-state index is 0.266. The van der Waals surface area contributed by atoms with Crippen molar-refractivity contribution in [2.75, 3.05) is 13.6 Å². The normalized spacial score (nSPS) is 12.9. The van der Waals surface area contributed by atoms with Gasteiger partial charge >= 0.3 is 0 Å². The first-order valence-electron chi connectivity index (χ1n) is 4.41. The molecule has 0 aliphatic carbocycles. The molecule has 0 bridgehead atoms. The Morgan fingerprint density at radius 3 is 2.85 bits per heavy atom. The molecule has 0 saturated heterocycles. The van der Waals surface area contributed by atoms with Crippen molar-refractivity contribution < 1.29 is 4.39 Å². The highest BCUT2D eigenvalue weighted by atomic mass is 19.1. The first-order chi connectivity index (χ1) is 6.15. The van der Waals surface area contributed by atoms with Crippen molar-refractivity contribution in [2.45, 2.75) is 19.8 Å². The molecule has 0 aromatic carbocycles. The van der Waals surface area contributed by atoms with Crippen LogP contribution in [0.15, 0.2) is 12.3 Å². The zero-order valence-electron chi connectivity index (χ0n) is 8.26. The van der Waals surface area contributed by atoms with Gasteiger partial charge in [0.1, 0.15) is 5.82 Å². The number of aromatic nitrogens is 1. The summed E-state index contributed by atoms with van der Waals surface area (Å²) in [6.07, 6.45) is 1.27. The third-order valence-corrected chi connectivity index (χ3v) is 2.06. The fraction of sp³-hybridized carbons (Fsp3) is 0.500. The van der Waals surface area contributed by atoms with E-state index in [2.05, 4.69) is 17.2 Å². The molecule has 1 N–H and O–H groups in total. The average Bonchev–Trinajstić information content (AvgIpc) is 2.04. The molecule has 0 fully saturated rings. The second-order valence-electron chi connectivity index (χ2n) is 3.31. The molecule has 0 saturated carbocycles. The highest BCUT2D eigenvalue weighted by Crippen LogP contribution is 2.16. The number of rotatable bonds is 3. The first kappa shape index (κ1) is 10.1. The number of aryl methyl sites for hydroxylation is 1. The Morgan fingerprint density at radius 1 is 1.62 bits per heavy atom. The van der Waals surface area contributed by atoms with Crippen molar-refractivity contribution in [1.82, 2.24) is 10.3 Å². The minimum atomic E-state index is -0.266. The molecule has 0 radical (unpaired) electrons. The molecule has 1 atom stereocenters. The van der Waals surface area contributed by atoms with Gasteiger partial charge in [-0.1, -0.05) is 6.92 Å². The van der Waals surface area contributed by atoms with Crippen LogP contribution in [0, 0.1) is 12.7 Å². The van der Waals surface area contributed by atoms with E-state index in [1.165, 1.54) is 12.3 Å². The maximum Gasteiger partial charge on any atom is 0.141 e. The Kier molecular flexibility index (Phi) is 3.37. The summed E-state index contributed by atoms with van der Waals surface area (Å²) in [6, 6.07) is 1.52. The van der Waals surface area contributed by atoms with Crippen LogP contribution in [0.5, 0.6) is 0 Å². The van der Waals surface area contributed by atoms with Crippen LogP contribution < -0.4 is 5.32 Å². The predicted octanol–water partition coefficient (Wildman–Crippen LogP) is 1.85. The van der Waals surface area contributed by atoms with E-state index in [1.54, 1.807) is 0 Å². The van der Waals surface area contributed by atoms with Gasteiger partial charge < -0.3 is 5.32 Å². The fourth-order valence-electron chi connectivity index (χ4n) is 1.47. The van der Waals surface area contributed by atoms with Crippen molar-refractivity contribution in [3.05, 3.63) is 29.3 Å². The summed E-state index contributed by atoms with van der Waals surface area (Å²) >= 11 is 0. The van der Waals surface area contributed by atoms with Gasteiger partial charge in [0.2, 0.25) is 0 Å². The molecule has 0 aliphatic rings. The Morgan fingerprint density at radius 2 is 2.31 bits per heavy atom. The van der Waals surface area contributed by atoms with Crippen LogP contribution in [0.2, 0.25) is 0 Å². The molecule has 0 aliphatic heterocycles. The number of pyridine rings is 1. The summed E-state index contributed by atoms with van der Waals surface area (Å²) in [4.78, 5) is 4.08. The van der Waals surface area contributed by atoms with E-state index in [0.717, 1.165) is 17.8 Å². The lowest BCUT2D eigenvalue weighted by Gasteiger charge is -2.12. The lowest BCUT2D eigenvalue weighted by molar-refractivity contribution is 0.606. The molecular weight excluding hydrogens is 167 g/mol. The van der Waals surface area contributed by atoms with Gasteiger partial charge in [0.25, 0.3) is 0 Å². The van der Waals surface area contributed by atoms with Crippen molar-refractivity contribution in [3.8, 4) is 0 Å². The molecule has 0 amide bonds. The Labute approximate surface area is 78.2 Å². The Balaban J connectivity index is 2.88. The largest absolute Gasteiger partial charge is 0.319 e. The van der Waals surface area contributed by atoms with E-state index in [1.807, 2.05) is 14.0 Å². The number of halogens is 1. The zero-order chi connectivity index (χ0) is 9.84. The van der Waals surface area contributed by atoms with Gasteiger partial charge in [-0.2, -0.15) is 0 Å². The molecule has 0 unspecified atom stereocenters. The molecule has 2 nitrogen and oxygen atoms in total. The number of hydrogen-bond donors (Lipinski definition) is 1.